The fourth-order valence-corrected chi connectivity index (χ4v) is 3.96. The summed E-state index contributed by atoms with van der Waals surface area (Å²) in [6, 6.07) is 23.5. The van der Waals surface area contributed by atoms with Crippen LogP contribution in [0, 0.1) is 11.3 Å². The van der Waals surface area contributed by atoms with Gasteiger partial charge in [0.15, 0.2) is 0 Å². The molecule has 0 saturated heterocycles. The van der Waals surface area contributed by atoms with Crippen LogP contribution in [-0.2, 0) is 12.8 Å². The quantitative estimate of drug-likeness (QED) is 0.659. The molecule has 0 aliphatic heterocycles. The minimum atomic E-state index is 0.752. The second-order valence-electron chi connectivity index (χ2n) is 6.70. The van der Waals surface area contributed by atoms with Crippen LogP contribution < -0.4 is 4.90 Å². The van der Waals surface area contributed by atoms with Gasteiger partial charge in [-0.1, -0.05) is 54.6 Å². The maximum Gasteiger partial charge on any atom is 0.101 e. The zero-order chi connectivity index (χ0) is 17.4. The van der Waals surface area contributed by atoms with E-state index in [9.17, 15) is 5.26 Å². The first-order valence-electron chi connectivity index (χ1n) is 8.61. The molecule has 122 valence electrons. The van der Waals surface area contributed by atoms with Gasteiger partial charge in [0.25, 0.3) is 0 Å². The number of nitrogens with zero attached hydrogens (tertiary/aromatic N) is 2. The first-order valence-corrected chi connectivity index (χ1v) is 8.61. The molecule has 1 aliphatic carbocycles. The molecular weight excluding hydrogens is 304 g/mol. The summed E-state index contributed by atoms with van der Waals surface area (Å²) in [5, 5.41) is 9.76. The number of rotatable bonds is 2. The molecule has 0 radical (unpaired) electrons. The lowest BCUT2D eigenvalue weighted by atomic mass is 9.79. The number of benzene rings is 3. The Morgan fingerprint density at radius 2 is 1.60 bits per heavy atom. The van der Waals surface area contributed by atoms with E-state index in [4.69, 9.17) is 0 Å². The van der Waals surface area contributed by atoms with E-state index in [1.165, 1.54) is 22.3 Å². The largest absolute Gasteiger partial charge is 0.376 e. The number of fused-ring (bicyclic) bond motifs is 3. The van der Waals surface area contributed by atoms with Gasteiger partial charge in [0.05, 0.1) is 11.3 Å². The normalized spacial score (nSPS) is 12.0. The summed E-state index contributed by atoms with van der Waals surface area (Å²) < 4.78 is 0. The van der Waals surface area contributed by atoms with Crippen LogP contribution in [0.25, 0.3) is 22.3 Å². The van der Waals surface area contributed by atoms with Crippen LogP contribution in [0.15, 0.2) is 60.7 Å². The summed E-state index contributed by atoms with van der Waals surface area (Å²) >= 11 is 0. The first kappa shape index (κ1) is 15.5. The van der Waals surface area contributed by atoms with E-state index < -0.39 is 0 Å². The van der Waals surface area contributed by atoms with Gasteiger partial charge in [0.2, 0.25) is 0 Å². The second-order valence-corrected chi connectivity index (χ2v) is 6.70. The molecule has 3 aromatic carbocycles. The molecule has 4 rings (SSSR count). The molecule has 0 heterocycles. The molecule has 0 saturated carbocycles. The monoisotopic (exact) mass is 324 g/mol. The maximum absolute atomic E-state index is 9.76. The van der Waals surface area contributed by atoms with Crippen LogP contribution in [-0.4, -0.2) is 14.1 Å². The van der Waals surface area contributed by atoms with Gasteiger partial charge in [0, 0.05) is 14.1 Å². The average molecular weight is 324 g/mol. The van der Waals surface area contributed by atoms with Crippen molar-refractivity contribution in [2.45, 2.75) is 12.8 Å². The van der Waals surface area contributed by atoms with E-state index in [1.807, 2.05) is 20.2 Å². The molecule has 2 nitrogen and oxygen atoms in total. The fraction of sp³-hybridized carbons (Fsp3) is 0.174. The molecule has 0 fully saturated rings. The van der Waals surface area contributed by atoms with Gasteiger partial charge in [-0.15, -0.1) is 0 Å². The first-order chi connectivity index (χ1) is 12.2. The van der Waals surface area contributed by atoms with E-state index in [1.54, 1.807) is 0 Å². The molecule has 0 N–H and O–H groups in total. The van der Waals surface area contributed by atoms with Gasteiger partial charge in [-0.3, -0.25) is 0 Å². The van der Waals surface area contributed by atoms with Crippen molar-refractivity contribution >= 4 is 5.69 Å². The van der Waals surface area contributed by atoms with Crippen LogP contribution in [0.3, 0.4) is 0 Å². The van der Waals surface area contributed by atoms with Crippen molar-refractivity contribution < 1.29 is 0 Å². The SMILES string of the molecule is CN(C)c1c(C#N)cc(-c2ccccc2)c2c1CCc1ccccc1-2. The van der Waals surface area contributed by atoms with Crippen LogP contribution in [0.5, 0.6) is 0 Å². The average Bonchev–Trinajstić information content (AvgIpc) is 2.66. The van der Waals surface area contributed by atoms with Crippen molar-refractivity contribution in [2.24, 2.45) is 0 Å². The second kappa shape index (κ2) is 6.11. The molecule has 0 spiro atoms. The predicted molar refractivity (Wildman–Crippen MR) is 104 cm³/mol. The van der Waals surface area contributed by atoms with Crippen molar-refractivity contribution in [1.82, 2.24) is 0 Å². The number of anilines is 1. The summed E-state index contributed by atoms with van der Waals surface area (Å²) in [6.45, 7) is 0. The molecule has 0 bridgehead atoms. The highest BCUT2D eigenvalue weighted by Crippen LogP contribution is 2.45. The van der Waals surface area contributed by atoms with Crippen LogP contribution in [0.2, 0.25) is 0 Å². The number of hydrogen-bond donors (Lipinski definition) is 0. The lowest BCUT2D eigenvalue weighted by molar-refractivity contribution is 0.929. The zero-order valence-corrected chi connectivity index (χ0v) is 14.6. The summed E-state index contributed by atoms with van der Waals surface area (Å²) in [5.74, 6) is 0. The van der Waals surface area contributed by atoms with Crippen LogP contribution in [0.1, 0.15) is 16.7 Å². The lowest BCUT2D eigenvalue weighted by Crippen LogP contribution is -2.17. The van der Waals surface area contributed by atoms with Gasteiger partial charge < -0.3 is 4.90 Å². The maximum atomic E-state index is 9.76. The number of nitriles is 1. The molecule has 0 aromatic heterocycles. The Morgan fingerprint density at radius 3 is 2.32 bits per heavy atom. The van der Waals surface area contributed by atoms with Gasteiger partial charge >= 0.3 is 0 Å². The summed E-state index contributed by atoms with van der Waals surface area (Å²) in [6.07, 6.45) is 1.99. The lowest BCUT2D eigenvalue weighted by Gasteiger charge is -2.29. The molecule has 3 aromatic rings. The zero-order valence-electron chi connectivity index (χ0n) is 14.6. The smallest absolute Gasteiger partial charge is 0.101 e. The van der Waals surface area contributed by atoms with E-state index >= 15 is 0 Å². The molecular formula is C23H20N2. The van der Waals surface area contributed by atoms with Gasteiger partial charge in [-0.05, 0) is 52.3 Å². The van der Waals surface area contributed by atoms with Crippen molar-refractivity contribution in [1.29, 1.82) is 5.26 Å². The Morgan fingerprint density at radius 1 is 0.880 bits per heavy atom. The summed E-state index contributed by atoms with van der Waals surface area (Å²) in [5.41, 5.74) is 9.41. The number of hydrogen-bond acceptors (Lipinski definition) is 2. The van der Waals surface area contributed by atoms with Crippen molar-refractivity contribution in [2.75, 3.05) is 19.0 Å². The molecule has 0 unspecified atom stereocenters. The third-order valence-corrected chi connectivity index (χ3v) is 4.98. The molecule has 2 heteroatoms. The van der Waals surface area contributed by atoms with Crippen molar-refractivity contribution in [3.8, 4) is 28.3 Å². The van der Waals surface area contributed by atoms with E-state index in [2.05, 4.69) is 65.6 Å². The minimum absolute atomic E-state index is 0.752. The highest BCUT2D eigenvalue weighted by Gasteiger charge is 2.25. The van der Waals surface area contributed by atoms with Gasteiger partial charge in [0.1, 0.15) is 6.07 Å². The van der Waals surface area contributed by atoms with E-state index in [0.717, 1.165) is 35.2 Å². The van der Waals surface area contributed by atoms with E-state index in [-0.39, 0.29) is 0 Å². The summed E-state index contributed by atoms with van der Waals surface area (Å²) in [4.78, 5) is 2.08. The summed E-state index contributed by atoms with van der Waals surface area (Å²) in [7, 11) is 4.05. The molecule has 0 atom stereocenters. The predicted octanol–water partition coefficient (Wildman–Crippen LogP) is 5.06. The minimum Gasteiger partial charge on any atom is -0.376 e. The van der Waals surface area contributed by atoms with Gasteiger partial charge in [-0.25, -0.2) is 0 Å². The third-order valence-electron chi connectivity index (χ3n) is 4.98. The highest BCUT2D eigenvalue weighted by atomic mass is 15.1. The number of aryl methyl sites for hydroxylation is 1. The Bertz CT molecular complexity index is 979. The molecule has 0 amide bonds. The Labute approximate surface area is 149 Å². The molecule has 25 heavy (non-hydrogen) atoms. The van der Waals surface area contributed by atoms with Gasteiger partial charge in [-0.2, -0.15) is 5.26 Å². The van der Waals surface area contributed by atoms with Crippen molar-refractivity contribution in [3.05, 3.63) is 77.4 Å². The van der Waals surface area contributed by atoms with E-state index in [0.29, 0.717) is 0 Å². The van der Waals surface area contributed by atoms with Crippen LogP contribution >= 0.6 is 0 Å². The highest BCUT2D eigenvalue weighted by molar-refractivity contribution is 5.93. The Kier molecular flexibility index (Phi) is 3.78. The topological polar surface area (TPSA) is 27.0 Å². The van der Waals surface area contributed by atoms with Crippen molar-refractivity contribution in [3.63, 3.8) is 0 Å². The molecule has 1 aliphatic rings. The third kappa shape index (κ3) is 2.49. The fourth-order valence-electron chi connectivity index (χ4n) is 3.96. The standard InChI is InChI=1S/C23H20N2/c1-25(2)23-18(15-24)14-21(16-8-4-3-5-9-16)22-19-11-7-6-10-17(19)12-13-20(22)23/h3-11,14H,12-13H2,1-2H3. The Balaban J connectivity index is 2.12. The Hall–Kier alpha value is -3.05. The van der Waals surface area contributed by atoms with Crippen LogP contribution in [0.4, 0.5) is 5.69 Å².